The van der Waals surface area contributed by atoms with Gasteiger partial charge in [-0.1, -0.05) is 6.92 Å². The first kappa shape index (κ1) is 17.1. The molecule has 2 aromatic rings. The smallest absolute Gasteiger partial charge is 0.227 e. The highest BCUT2D eigenvalue weighted by atomic mass is 32.1. The summed E-state index contributed by atoms with van der Waals surface area (Å²) in [6.07, 6.45) is 3.16. The van der Waals surface area contributed by atoms with Gasteiger partial charge in [0.25, 0.3) is 0 Å². The van der Waals surface area contributed by atoms with Crippen LogP contribution >= 0.6 is 11.3 Å². The Morgan fingerprint density at radius 1 is 1.25 bits per heavy atom. The molecule has 0 fully saturated rings. The Balaban J connectivity index is 1.82. The van der Waals surface area contributed by atoms with Crippen LogP contribution in [0.15, 0.2) is 0 Å². The van der Waals surface area contributed by atoms with Crippen LogP contribution in [0.5, 0.6) is 0 Å². The molecular formula is C17H26N6S. The fourth-order valence-corrected chi connectivity index (χ4v) is 3.94. The van der Waals surface area contributed by atoms with Gasteiger partial charge in [0, 0.05) is 31.1 Å². The van der Waals surface area contributed by atoms with Crippen molar-refractivity contribution in [2.75, 3.05) is 30.9 Å². The van der Waals surface area contributed by atoms with E-state index in [1.165, 1.54) is 15.4 Å². The molecule has 0 amide bonds. The molecule has 3 heterocycles. The molecule has 0 unspecified atom stereocenters. The maximum Gasteiger partial charge on any atom is 0.227 e. The molecule has 2 aromatic heterocycles. The maximum absolute atomic E-state index is 4.73. The Morgan fingerprint density at radius 2 is 2.08 bits per heavy atom. The largest absolute Gasteiger partial charge is 0.365 e. The van der Waals surface area contributed by atoms with Crippen LogP contribution < -0.4 is 15.5 Å². The topological polar surface area (TPSA) is 66.0 Å². The van der Waals surface area contributed by atoms with Crippen LogP contribution in [0.4, 0.5) is 11.8 Å². The third kappa shape index (κ3) is 3.67. The number of fused-ring (bicyclic) bond motifs is 1. The summed E-state index contributed by atoms with van der Waals surface area (Å²) >= 11 is 1.81. The van der Waals surface area contributed by atoms with Gasteiger partial charge in [-0.2, -0.15) is 4.98 Å². The number of anilines is 2. The molecule has 0 spiro atoms. The van der Waals surface area contributed by atoms with Crippen molar-refractivity contribution in [2.45, 2.75) is 46.2 Å². The van der Waals surface area contributed by atoms with Gasteiger partial charge in [0.2, 0.25) is 5.95 Å². The first-order valence-electron chi connectivity index (χ1n) is 8.55. The first-order valence-corrected chi connectivity index (χ1v) is 9.37. The second-order valence-electron chi connectivity index (χ2n) is 6.34. The van der Waals surface area contributed by atoms with Crippen LogP contribution in [0.3, 0.4) is 0 Å². The Labute approximate surface area is 147 Å². The highest BCUT2D eigenvalue weighted by Gasteiger charge is 2.18. The van der Waals surface area contributed by atoms with Crippen LogP contribution in [-0.2, 0) is 25.9 Å². The van der Waals surface area contributed by atoms with Gasteiger partial charge in [-0.25, -0.2) is 9.97 Å². The van der Waals surface area contributed by atoms with E-state index in [-0.39, 0.29) is 0 Å². The van der Waals surface area contributed by atoms with Crippen molar-refractivity contribution in [3.05, 3.63) is 26.8 Å². The van der Waals surface area contributed by atoms with Crippen molar-refractivity contribution in [2.24, 2.45) is 0 Å². The lowest BCUT2D eigenvalue weighted by Crippen LogP contribution is -2.27. The summed E-state index contributed by atoms with van der Waals surface area (Å²) in [5.41, 5.74) is 3.49. The van der Waals surface area contributed by atoms with Gasteiger partial charge in [0.05, 0.1) is 22.9 Å². The summed E-state index contributed by atoms with van der Waals surface area (Å²) in [6.45, 7) is 6.85. The van der Waals surface area contributed by atoms with E-state index in [0.29, 0.717) is 0 Å². The molecule has 0 saturated heterocycles. The molecule has 0 aliphatic carbocycles. The van der Waals surface area contributed by atoms with Gasteiger partial charge in [-0.3, -0.25) is 0 Å². The summed E-state index contributed by atoms with van der Waals surface area (Å²) in [5.74, 6) is 1.72. The molecule has 7 heteroatoms. The van der Waals surface area contributed by atoms with Crippen LogP contribution in [0, 0.1) is 6.92 Å². The molecule has 6 nitrogen and oxygen atoms in total. The molecule has 0 radical (unpaired) electrons. The zero-order chi connectivity index (χ0) is 17.1. The van der Waals surface area contributed by atoms with Crippen molar-refractivity contribution >= 4 is 23.1 Å². The van der Waals surface area contributed by atoms with Crippen LogP contribution in [0.1, 0.15) is 40.2 Å². The highest BCUT2D eigenvalue weighted by molar-refractivity contribution is 7.11. The molecule has 1 aliphatic rings. The zero-order valence-corrected chi connectivity index (χ0v) is 15.8. The Morgan fingerprint density at radius 3 is 2.83 bits per heavy atom. The molecule has 24 heavy (non-hydrogen) atoms. The second kappa shape index (κ2) is 7.44. The summed E-state index contributed by atoms with van der Waals surface area (Å²) in [4.78, 5) is 17.3. The van der Waals surface area contributed by atoms with E-state index in [0.717, 1.165) is 62.1 Å². The van der Waals surface area contributed by atoms with Crippen LogP contribution in [-0.4, -0.2) is 35.6 Å². The van der Waals surface area contributed by atoms with Gasteiger partial charge in [0.1, 0.15) is 5.82 Å². The lowest BCUT2D eigenvalue weighted by molar-refractivity contribution is 0.623. The molecule has 3 rings (SSSR count). The number of aryl methyl sites for hydroxylation is 2. The Hall–Kier alpha value is -1.73. The van der Waals surface area contributed by atoms with E-state index in [9.17, 15) is 0 Å². The first-order chi connectivity index (χ1) is 11.6. The Bertz CT molecular complexity index is 709. The minimum atomic E-state index is 0.757. The second-order valence-corrected chi connectivity index (χ2v) is 7.51. The highest BCUT2D eigenvalue weighted by Crippen LogP contribution is 2.25. The molecule has 2 N–H and O–H groups in total. The normalized spacial score (nSPS) is 13.7. The van der Waals surface area contributed by atoms with Gasteiger partial charge in [-0.15, -0.1) is 11.3 Å². The monoisotopic (exact) mass is 346 g/mol. The minimum Gasteiger partial charge on any atom is -0.365 e. The lowest BCUT2D eigenvalue weighted by atomic mass is 10.1. The van der Waals surface area contributed by atoms with E-state index in [4.69, 9.17) is 4.98 Å². The number of nitrogens with zero attached hydrogens (tertiary/aromatic N) is 4. The third-order valence-corrected chi connectivity index (χ3v) is 5.36. The van der Waals surface area contributed by atoms with Gasteiger partial charge in [-0.05, 0) is 32.7 Å². The quantitative estimate of drug-likeness (QED) is 0.838. The number of hydrogen-bond donors (Lipinski definition) is 2. The van der Waals surface area contributed by atoms with Crippen molar-refractivity contribution in [3.8, 4) is 0 Å². The fourth-order valence-electron chi connectivity index (χ4n) is 2.83. The predicted octanol–water partition coefficient (Wildman–Crippen LogP) is 2.52. The SMILES string of the molecule is CCCc1nc(C)c(CNc2nc(N(C)C)nc3c2CCNC3)s1. The average Bonchev–Trinajstić information content (AvgIpc) is 2.92. The zero-order valence-electron chi connectivity index (χ0n) is 14.9. The van der Waals surface area contributed by atoms with Gasteiger partial charge in [0.15, 0.2) is 0 Å². The number of rotatable bonds is 6. The molecule has 130 valence electrons. The van der Waals surface area contributed by atoms with E-state index < -0.39 is 0 Å². The fraction of sp³-hybridized carbons (Fsp3) is 0.588. The number of hydrogen-bond acceptors (Lipinski definition) is 7. The lowest BCUT2D eigenvalue weighted by Gasteiger charge is -2.22. The molecule has 0 aromatic carbocycles. The van der Waals surface area contributed by atoms with Crippen molar-refractivity contribution in [3.63, 3.8) is 0 Å². The third-order valence-electron chi connectivity index (χ3n) is 4.14. The van der Waals surface area contributed by atoms with E-state index in [1.807, 2.05) is 30.3 Å². The number of thiazole rings is 1. The molecule has 1 aliphatic heterocycles. The van der Waals surface area contributed by atoms with Crippen molar-refractivity contribution in [1.29, 1.82) is 0 Å². The predicted molar refractivity (Wildman–Crippen MR) is 99.9 cm³/mol. The van der Waals surface area contributed by atoms with Gasteiger partial charge < -0.3 is 15.5 Å². The van der Waals surface area contributed by atoms with E-state index in [2.05, 4.69) is 34.4 Å². The van der Waals surface area contributed by atoms with Crippen LogP contribution in [0.2, 0.25) is 0 Å². The summed E-state index contributed by atoms with van der Waals surface area (Å²) in [5, 5.41) is 8.17. The van der Waals surface area contributed by atoms with E-state index in [1.54, 1.807) is 0 Å². The van der Waals surface area contributed by atoms with E-state index >= 15 is 0 Å². The average molecular weight is 347 g/mol. The standard InChI is InChI=1S/C17H26N6S/c1-5-6-15-20-11(2)14(24-15)10-19-16-12-7-8-18-9-13(12)21-17(22-16)23(3)4/h18H,5-10H2,1-4H3,(H,19,21,22). The summed E-state index contributed by atoms with van der Waals surface area (Å²) in [7, 11) is 3.96. The number of aromatic nitrogens is 3. The Kier molecular flexibility index (Phi) is 5.30. The van der Waals surface area contributed by atoms with Gasteiger partial charge >= 0.3 is 0 Å². The minimum absolute atomic E-state index is 0.757. The summed E-state index contributed by atoms with van der Waals surface area (Å²) in [6, 6.07) is 0. The number of nitrogens with one attached hydrogen (secondary N) is 2. The maximum atomic E-state index is 4.73. The van der Waals surface area contributed by atoms with Crippen molar-refractivity contribution in [1.82, 2.24) is 20.3 Å². The van der Waals surface area contributed by atoms with Crippen molar-refractivity contribution < 1.29 is 0 Å². The molecule has 0 atom stereocenters. The molecule has 0 saturated carbocycles. The summed E-state index contributed by atoms with van der Waals surface area (Å²) < 4.78 is 0. The molecular weight excluding hydrogens is 320 g/mol. The molecule has 0 bridgehead atoms. The van der Waals surface area contributed by atoms with Crippen LogP contribution in [0.25, 0.3) is 0 Å².